The van der Waals surface area contributed by atoms with E-state index in [2.05, 4.69) is 52.5 Å². The number of H-pyrrole nitrogens is 1. The van der Waals surface area contributed by atoms with Crippen LogP contribution in [0.4, 0.5) is 0 Å². The summed E-state index contributed by atoms with van der Waals surface area (Å²) in [5, 5.41) is 1.35. The second-order valence-electron chi connectivity index (χ2n) is 9.45. The van der Waals surface area contributed by atoms with Gasteiger partial charge in [0.05, 0.1) is 0 Å². The quantitative estimate of drug-likeness (QED) is 0.578. The van der Waals surface area contributed by atoms with Gasteiger partial charge in [-0.2, -0.15) is 0 Å². The van der Waals surface area contributed by atoms with Crippen molar-refractivity contribution in [1.82, 2.24) is 9.88 Å². The lowest BCUT2D eigenvalue weighted by atomic mass is 9.87. The first-order valence-electron chi connectivity index (χ1n) is 12.1. The molecule has 0 bridgehead atoms. The maximum Gasteiger partial charge on any atom is 0.231 e. The number of benzene rings is 2. The molecular weight excluding hydrogens is 400 g/mol. The molecule has 5 heteroatoms. The molecule has 32 heavy (non-hydrogen) atoms. The number of rotatable bonds is 6. The number of hydrogen-bond donors (Lipinski definition) is 1. The van der Waals surface area contributed by atoms with Crippen molar-refractivity contribution >= 4 is 10.9 Å². The fraction of sp³-hybridized carbons (Fsp3) is 0.481. The van der Waals surface area contributed by atoms with E-state index in [-0.39, 0.29) is 0 Å². The lowest BCUT2D eigenvalue weighted by Gasteiger charge is -2.38. The third-order valence-electron chi connectivity index (χ3n) is 7.63. The maximum absolute atomic E-state index is 5.75. The number of nitrogens with zero attached hydrogens (tertiary/aromatic N) is 1. The van der Waals surface area contributed by atoms with Gasteiger partial charge in [0.25, 0.3) is 0 Å². The van der Waals surface area contributed by atoms with E-state index in [1.54, 1.807) is 0 Å². The van der Waals surface area contributed by atoms with Crippen molar-refractivity contribution < 1.29 is 14.2 Å². The van der Waals surface area contributed by atoms with E-state index in [9.17, 15) is 0 Å². The Morgan fingerprint density at radius 2 is 1.84 bits per heavy atom. The van der Waals surface area contributed by atoms with Gasteiger partial charge in [-0.25, -0.2) is 0 Å². The highest BCUT2D eigenvalue weighted by molar-refractivity contribution is 5.83. The Hall–Kier alpha value is -2.50. The van der Waals surface area contributed by atoms with Gasteiger partial charge in [0, 0.05) is 42.9 Å². The standard InChI is InChI=1S/C27H32N2O3/c1-2-4-24-22(3-1)21(17-28-24)5-6-25-23-16-27-26(31-18-32-27)15-20(23)8-12-29(25)11-7-19-9-13-30-14-10-19/h1-4,15-17,19,25,28H,5-14,18H2. The van der Waals surface area contributed by atoms with Gasteiger partial charge >= 0.3 is 0 Å². The minimum atomic E-state index is 0.339. The van der Waals surface area contributed by atoms with Crippen molar-refractivity contribution in [2.24, 2.45) is 5.92 Å². The molecule has 1 unspecified atom stereocenters. The lowest BCUT2D eigenvalue weighted by Crippen LogP contribution is -2.37. The predicted octanol–water partition coefficient (Wildman–Crippen LogP) is 5.25. The minimum absolute atomic E-state index is 0.339. The molecule has 6 rings (SSSR count). The Morgan fingerprint density at radius 1 is 1.00 bits per heavy atom. The molecule has 0 radical (unpaired) electrons. The molecule has 0 saturated carbocycles. The van der Waals surface area contributed by atoms with Gasteiger partial charge in [-0.05, 0) is 85.9 Å². The van der Waals surface area contributed by atoms with Crippen LogP contribution in [0.5, 0.6) is 11.5 Å². The molecule has 168 valence electrons. The molecule has 5 nitrogen and oxygen atoms in total. The van der Waals surface area contributed by atoms with Crippen LogP contribution in [-0.4, -0.2) is 43.0 Å². The maximum atomic E-state index is 5.75. The highest BCUT2D eigenvalue weighted by atomic mass is 16.7. The Morgan fingerprint density at radius 3 is 2.75 bits per heavy atom. The van der Waals surface area contributed by atoms with E-state index < -0.39 is 0 Å². The normalized spacial score (nSPS) is 21.2. The van der Waals surface area contributed by atoms with Crippen molar-refractivity contribution in [3.63, 3.8) is 0 Å². The predicted molar refractivity (Wildman–Crippen MR) is 125 cm³/mol. The fourth-order valence-electron chi connectivity index (χ4n) is 5.76. The van der Waals surface area contributed by atoms with Crippen LogP contribution < -0.4 is 9.47 Å². The molecule has 1 saturated heterocycles. The van der Waals surface area contributed by atoms with Crippen LogP contribution in [0.15, 0.2) is 42.6 Å². The second kappa shape index (κ2) is 8.80. The average molecular weight is 433 g/mol. The molecular formula is C27H32N2O3. The number of aryl methyl sites for hydroxylation is 1. The molecule has 1 atom stereocenters. The topological polar surface area (TPSA) is 46.7 Å². The summed E-state index contributed by atoms with van der Waals surface area (Å²) >= 11 is 0. The number of fused-ring (bicyclic) bond motifs is 3. The molecule has 2 aromatic carbocycles. The fourth-order valence-corrected chi connectivity index (χ4v) is 5.76. The Kier molecular flexibility index (Phi) is 5.53. The molecule has 0 spiro atoms. The third-order valence-corrected chi connectivity index (χ3v) is 7.63. The van der Waals surface area contributed by atoms with E-state index in [0.717, 1.165) is 63.0 Å². The molecule has 1 fully saturated rings. The summed E-state index contributed by atoms with van der Waals surface area (Å²) in [7, 11) is 0. The SMILES string of the molecule is c1ccc2c(CCC3c4cc5c(cc4CCN3CCC3CCOCC3)OCO5)c[nH]c2c1. The molecule has 1 N–H and O–H groups in total. The Bertz CT molecular complexity index is 1090. The molecule has 3 aliphatic rings. The molecule has 1 aromatic heterocycles. The van der Waals surface area contributed by atoms with Crippen LogP contribution in [0.1, 0.15) is 48.4 Å². The number of para-hydroxylation sites is 1. The van der Waals surface area contributed by atoms with E-state index in [0.29, 0.717) is 12.8 Å². The van der Waals surface area contributed by atoms with Crippen LogP contribution >= 0.6 is 0 Å². The van der Waals surface area contributed by atoms with E-state index in [1.807, 2.05) is 0 Å². The molecule has 0 amide bonds. The first-order chi connectivity index (χ1) is 15.8. The van der Waals surface area contributed by atoms with Gasteiger partial charge in [-0.15, -0.1) is 0 Å². The van der Waals surface area contributed by atoms with Crippen molar-refractivity contribution in [2.45, 2.75) is 44.6 Å². The smallest absolute Gasteiger partial charge is 0.231 e. The van der Waals surface area contributed by atoms with E-state index in [4.69, 9.17) is 14.2 Å². The monoisotopic (exact) mass is 432 g/mol. The summed E-state index contributed by atoms with van der Waals surface area (Å²) in [5.41, 5.74) is 5.51. The van der Waals surface area contributed by atoms with Gasteiger partial charge in [0.15, 0.2) is 11.5 Å². The molecule has 3 aromatic rings. The number of aromatic amines is 1. The summed E-state index contributed by atoms with van der Waals surface area (Å²) in [4.78, 5) is 6.18. The van der Waals surface area contributed by atoms with Crippen molar-refractivity contribution in [2.75, 3.05) is 33.1 Å². The van der Waals surface area contributed by atoms with Crippen molar-refractivity contribution in [1.29, 1.82) is 0 Å². The Labute approximate surface area is 189 Å². The van der Waals surface area contributed by atoms with Gasteiger partial charge in [0.1, 0.15) is 0 Å². The lowest BCUT2D eigenvalue weighted by molar-refractivity contribution is 0.0566. The average Bonchev–Trinajstić information content (AvgIpc) is 3.47. The zero-order chi connectivity index (χ0) is 21.3. The zero-order valence-electron chi connectivity index (χ0n) is 18.6. The second-order valence-corrected chi connectivity index (χ2v) is 9.45. The van der Waals surface area contributed by atoms with E-state index in [1.165, 1.54) is 46.9 Å². The van der Waals surface area contributed by atoms with Crippen LogP contribution in [0.3, 0.4) is 0 Å². The summed E-state index contributed by atoms with van der Waals surface area (Å²) in [6, 6.07) is 13.5. The summed E-state index contributed by atoms with van der Waals surface area (Å²) in [6.45, 7) is 4.49. The number of hydrogen-bond acceptors (Lipinski definition) is 4. The number of aromatic nitrogens is 1. The van der Waals surface area contributed by atoms with Gasteiger partial charge in [0.2, 0.25) is 6.79 Å². The highest BCUT2D eigenvalue weighted by Gasteiger charge is 2.30. The molecule has 0 aliphatic carbocycles. The third kappa shape index (κ3) is 3.89. The molecule has 4 heterocycles. The highest BCUT2D eigenvalue weighted by Crippen LogP contribution is 2.42. The largest absolute Gasteiger partial charge is 0.454 e. The number of ether oxygens (including phenoxy) is 3. The first kappa shape index (κ1) is 20.1. The van der Waals surface area contributed by atoms with E-state index >= 15 is 0 Å². The zero-order valence-corrected chi connectivity index (χ0v) is 18.6. The van der Waals surface area contributed by atoms with Crippen LogP contribution in [0, 0.1) is 5.92 Å². The first-order valence-corrected chi connectivity index (χ1v) is 12.1. The van der Waals surface area contributed by atoms with Gasteiger partial charge in [-0.3, -0.25) is 4.90 Å². The minimum Gasteiger partial charge on any atom is -0.454 e. The van der Waals surface area contributed by atoms with Crippen LogP contribution in [0.25, 0.3) is 10.9 Å². The summed E-state index contributed by atoms with van der Waals surface area (Å²) < 4.78 is 17.0. The van der Waals surface area contributed by atoms with Crippen molar-refractivity contribution in [3.05, 3.63) is 59.3 Å². The summed E-state index contributed by atoms with van der Waals surface area (Å²) in [6.07, 6.45) is 9.15. The van der Waals surface area contributed by atoms with Gasteiger partial charge in [-0.1, -0.05) is 18.2 Å². The van der Waals surface area contributed by atoms with Crippen molar-refractivity contribution in [3.8, 4) is 11.5 Å². The Balaban J connectivity index is 1.25. The molecule has 3 aliphatic heterocycles. The van der Waals surface area contributed by atoms with Crippen LogP contribution in [0.2, 0.25) is 0 Å². The summed E-state index contributed by atoms with van der Waals surface area (Å²) in [5.74, 6) is 2.62. The van der Waals surface area contributed by atoms with Gasteiger partial charge < -0.3 is 19.2 Å². The van der Waals surface area contributed by atoms with Crippen LogP contribution in [-0.2, 0) is 17.6 Å². The number of nitrogens with one attached hydrogen (secondary N) is 1.